The Kier molecular flexibility index (Phi) is 6.71. The van der Waals surface area contributed by atoms with Gasteiger partial charge in [-0.1, -0.05) is 0 Å². The molecule has 0 saturated carbocycles. The second-order valence-electron chi connectivity index (χ2n) is 8.46. The summed E-state index contributed by atoms with van der Waals surface area (Å²) in [6.07, 6.45) is 4.21. The number of rotatable bonds is 9. The van der Waals surface area contributed by atoms with Crippen LogP contribution in [0.25, 0.3) is 11.2 Å². The zero-order chi connectivity index (χ0) is 23.4. The van der Waals surface area contributed by atoms with Crippen LogP contribution in [0.5, 0.6) is 0 Å². The van der Waals surface area contributed by atoms with Crippen LogP contribution < -0.4 is 16.0 Å². The van der Waals surface area contributed by atoms with Gasteiger partial charge in [0.25, 0.3) is 0 Å². The SMILES string of the molecule is CC(=O)Nc1ccc(Nc2nc(NCCCN3CCCC3=O)nc3c2ncn3C(C)C)cc1. The Balaban J connectivity index is 1.51. The van der Waals surface area contributed by atoms with Crippen molar-refractivity contribution < 1.29 is 9.59 Å². The van der Waals surface area contributed by atoms with Crippen LogP contribution in [0.2, 0.25) is 0 Å². The quantitative estimate of drug-likeness (QED) is 0.427. The molecule has 33 heavy (non-hydrogen) atoms. The van der Waals surface area contributed by atoms with Crippen LogP contribution in [-0.2, 0) is 9.59 Å². The Labute approximate surface area is 192 Å². The predicted octanol–water partition coefficient (Wildman–Crippen LogP) is 3.53. The number of hydrogen-bond acceptors (Lipinski definition) is 7. The molecule has 0 atom stereocenters. The summed E-state index contributed by atoms with van der Waals surface area (Å²) in [5, 5.41) is 9.39. The van der Waals surface area contributed by atoms with Gasteiger partial charge < -0.3 is 25.4 Å². The molecule has 10 nitrogen and oxygen atoms in total. The van der Waals surface area contributed by atoms with E-state index in [0.29, 0.717) is 30.2 Å². The Hall–Kier alpha value is -3.69. The fraction of sp³-hybridized carbons (Fsp3) is 0.435. The van der Waals surface area contributed by atoms with E-state index in [1.54, 1.807) is 6.33 Å². The second-order valence-corrected chi connectivity index (χ2v) is 8.46. The van der Waals surface area contributed by atoms with Crippen molar-refractivity contribution in [3.8, 4) is 0 Å². The topological polar surface area (TPSA) is 117 Å². The summed E-state index contributed by atoms with van der Waals surface area (Å²) in [5.41, 5.74) is 2.97. The van der Waals surface area contributed by atoms with E-state index in [-0.39, 0.29) is 17.9 Å². The molecule has 0 radical (unpaired) electrons. The Morgan fingerprint density at radius 3 is 2.58 bits per heavy atom. The summed E-state index contributed by atoms with van der Waals surface area (Å²) in [7, 11) is 0. The predicted molar refractivity (Wildman–Crippen MR) is 129 cm³/mol. The molecule has 2 amide bonds. The maximum atomic E-state index is 11.8. The van der Waals surface area contributed by atoms with Crippen molar-refractivity contribution in [3.63, 3.8) is 0 Å². The van der Waals surface area contributed by atoms with Crippen molar-refractivity contribution in [2.45, 2.75) is 46.1 Å². The number of benzene rings is 1. The number of fused-ring (bicyclic) bond motifs is 1. The molecular weight excluding hydrogens is 420 g/mol. The van der Waals surface area contributed by atoms with E-state index >= 15 is 0 Å². The molecule has 3 aromatic rings. The molecule has 1 aliphatic heterocycles. The monoisotopic (exact) mass is 450 g/mol. The first kappa shape index (κ1) is 22.5. The van der Waals surface area contributed by atoms with Gasteiger partial charge in [0.05, 0.1) is 6.33 Å². The number of carbonyl (C=O) groups is 2. The van der Waals surface area contributed by atoms with E-state index in [0.717, 1.165) is 43.0 Å². The number of carbonyl (C=O) groups excluding carboxylic acids is 2. The molecule has 1 aliphatic rings. The first-order chi connectivity index (χ1) is 15.9. The second kappa shape index (κ2) is 9.85. The van der Waals surface area contributed by atoms with Crippen LogP contribution in [0.3, 0.4) is 0 Å². The lowest BCUT2D eigenvalue weighted by molar-refractivity contribution is -0.127. The molecule has 1 fully saturated rings. The van der Waals surface area contributed by atoms with E-state index in [2.05, 4.69) is 39.8 Å². The normalized spacial score (nSPS) is 13.7. The molecule has 3 heterocycles. The van der Waals surface area contributed by atoms with E-state index in [9.17, 15) is 9.59 Å². The highest BCUT2D eigenvalue weighted by Crippen LogP contribution is 2.26. The Bertz CT molecular complexity index is 1140. The standard InChI is InChI=1S/C23H30N8O2/c1-15(2)31-14-25-20-21(27-18-9-7-17(8-10-18)26-16(3)32)28-23(29-22(20)31)24-11-5-13-30-12-4-6-19(30)33/h7-10,14-15H,4-6,11-13H2,1-3H3,(H,26,32)(H2,24,27,28,29). The number of hydrogen-bond donors (Lipinski definition) is 3. The molecule has 1 aromatic carbocycles. The van der Waals surface area contributed by atoms with Crippen LogP contribution in [0.4, 0.5) is 23.1 Å². The Morgan fingerprint density at radius 2 is 1.91 bits per heavy atom. The zero-order valence-electron chi connectivity index (χ0n) is 19.3. The van der Waals surface area contributed by atoms with Crippen molar-refractivity contribution in [2.75, 3.05) is 35.6 Å². The average molecular weight is 451 g/mol. The summed E-state index contributed by atoms with van der Waals surface area (Å²) >= 11 is 0. The third-order valence-corrected chi connectivity index (χ3v) is 5.51. The van der Waals surface area contributed by atoms with E-state index in [1.807, 2.05) is 33.7 Å². The number of imidazole rings is 1. The van der Waals surface area contributed by atoms with E-state index in [4.69, 9.17) is 4.98 Å². The van der Waals surface area contributed by atoms with Gasteiger partial charge in [-0.05, 0) is 51.0 Å². The zero-order valence-corrected chi connectivity index (χ0v) is 19.3. The van der Waals surface area contributed by atoms with Crippen LogP contribution in [0.1, 0.15) is 46.1 Å². The maximum Gasteiger partial charge on any atom is 0.226 e. The van der Waals surface area contributed by atoms with Gasteiger partial charge in [0.15, 0.2) is 17.0 Å². The van der Waals surface area contributed by atoms with E-state index < -0.39 is 0 Å². The minimum Gasteiger partial charge on any atom is -0.354 e. The molecule has 1 saturated heterocycles. The maximum absolute atomic E-state index is 11.8. The molecular formula is C23H30N8O2. The summed E-state index contributed by atoms with van der Waals surface area (Å²) in [6, 6.07) is 7.60. The third-order valence-electron chi connectivity index (χ3n) is 5.51. The number of amides is 2. The fourth-order valence-corrected chi connectivity index (χ4v) is 3.85. The average Bonchev–Trinajstić information content (AvgIpc) is 3.38. The smallest absolute Gasteiger partial charge is 0.226 e. The van der Waals surface area contributed by atoms with Gasteiger partial charge in [-0.2, -0.15) is 9.97 Å². The molecule has 0 unspecified atom stereocenters. The van der Waals surface area contributed by atoms with Gasteiger partial charge in [-0.3, -0.25) is 9.59 Å². The molecule has 174 valence electrons. The molecule has 0 spiro atoms. The first-order valence-electron chi connectivity index (χ1n) is 11.3. The van der Waals surface area contributed by atoms with Gasteiger partial charge >= 0.3 is 0 Å². The molecule has 0 bridgehead atoms. The lowest BCUT2D eigenvalue weighted by atomic mass is 10.2. The molecule has 3 N–H and O–H groups in total. The van der Waals surface area contributed by atoms with Gasteiger partial charge in [0.2, 0.25) is 17.8 Å². The van der Waals surface area contributed by atoms with Crippen LogP contribution in [0, 0.1) is 0 Å². The minimum atomic E-state index is -0.114. The van der Waals surface area contributed by atoms with Crippen molar-refractivity contribution in [2.24, 2.45) is 0 Å². The van der Waals surface area contributed by atoms with Crippen LogP contribution in [0.15, 0.2) is 30.6 Å². The summed E-state index contributed by atoms with van der Waals surface area (Å²) in [5.74, 6) is 1.24. The number of aromatic nitrogens is 4. The van der Waals surface area contributed by atoms with E-state index in [1.165, 1.54) is 6.92 Å². The van der Waals surface area contributed by atoms with Crippen molar-refractivity contribution in [3.05, 3.63) is 30.6 Å². The first-order valence-corrected chi connectivity index (χ1v) is 11.3. The van der Waals surface area contributed by atoms with Gasteiger partial charge in [-0.15, -0.1) is 0 Å². The van der Waals surface area contributed by atoms with Crippen molar-refractivity contribution in [1.82, 2.24) is 24.4 Å². The van der Waals surface area contributed by atoms with Gasteiger partial charge in [-0.25, -0.2) is 4.98 Å². The van der Waals surface area contributed by atoms with Gasteiger partial charge in [0.1, 0.15) is 0 Å². The summed E-state index contributed by atoms with van der Waals surface area (Å²) in [4.78, 5) is 38.9. The molecule has 0 aliphatic carbocycles. The lowest BCUT2D eigenvalue weighted by Gasteiger charge is -2.16. The highest BCUT2D eigenvalue weighted by atomic mass is 16.2. The molecule has 10 heteroatoms. The van der Waals surface area contributed by atoms with Crippen molar-refractivity contribution in [1.29, 1.82) is 0 Å². The molecule has 4 rings (SSSR count). The number of nitrogens with one attached hydrogen (secondary N) is 3. The van der Waals surface area contributed by atoms with Crippen LogP contribution >= 0.6 is 0 Å². The number of anilines is 4. The highest BCUT2D eigenvalue weighted by Gasteiger charge is 2.19. The third kappa shape index (κ3) is 5.39. The summed E-state index contributed by atoms with van der Waals surface area (Å²) < 4.78 is 2.01. The number of likely N-dealkylation sites (tertiary alicyclic amines) is 1. The lowest BCUT2D eigenvalue weighted by Crippen LogP contribution is -2.27. The van der Waals surface area contributed by atoms with Gasteiger partial charge in [0, 0.05) is 50.4 Å². The highest BCUT2D eigenvalue weighted by molar-refractivity contribution is 5.89. The largest absolute Gasteiger partial charge is 0.354 e. The fourth-order valence-electron chi connectivity index (χ4n) is 3.85. The molecule has 2 aromatic heterocycles. The van der Waals surface area contributed by atoms with Crippen molar-refractivity contribution >= 4 is 46.1 Å². The Morgan fingerprint density at radius 1 is 1.15 bits per heavy atom. The summed E-state index contributed by atoms with van der Waals surface area (Å²) in [6.45, 7) is 7.89. The number of nitrogens with zero attached hydrogens (tertiary/aromatic N) is 5. The van der Waals surface area contributed by atoms with Crippen LogP contribution in [-0.4, -0.2) is 55.9 Å². The minimum absolute atomic E-state index is 0.114.